The van der Waals surface area contributed by atoms with Crippen LogP contribution < -0.4 is 5.32 Å². The number of hydrogen-bond donors (Lipinski definition) is 1. The van der Waals surface area contributed by atoms with Gasteiger partial charge in [-0.25, -0.2) is 0 Å². The minimum Gasteiger partial charge on any atom is -0.313 e. The van der Waals surface area contributed by atoms with Gasteiger partial charge in [0.05, 0.1) is 0 Å². The summed E-state index contributed by atoms with van der Waals surface area (Å²) in [6, 6.07) is 6.91. The second-order valence-corrected chi connectivity index (χ2v) is 6.37. The summed E-state index contributed by atoms with van der Waals surface area (Å²) in [6.45, 7) is 2.20. The fourth-order valence-electron chi connectivity index (χ4n) is 1.93. The molecule has 0 aliphatic heterocycles. The normalized spacial score (nSPS) is 12.6. The highest BCUT2D eigenvalue weighted by Crippen LogP contribution is 2.25. The Balaban J connectivity index is 2.14. The molecule has 0 saturated heterocycles. The lowest BCUT2D eigenvalue weighted by molar-refractivity contribution is 0.594. The number of thiophene rings is 1. The average molecular weight is 325 g/mol. The van der Waals surface area contributed by atoms with Gasteiger partial charge >= 0.3 is 0 Å². The van der Waals surface area contributed by atoms with Crippen LogP contribution in [0.25, 0.3) is 0 Å². The summed E-state index contributed by atoms with van der Waals surface area (Å²) in [7, 11) is 2.00. The molecular formula is C14H17BrN2S. The summed E-state index contributed by atoms with van der Waals surface area (Å²) in [5.41, 5.74) is 1.22. The van der Waals surface area contributed by atoms with Crippen LogP contribution in [0.4, 0.5) is 0 Å². The van der Waals surface area contributed by atoms with E-state index < -0.39 is 0 Å². The molecule has 1 atom stereocenters. The zero-order valence-electron chi connectivity index (χ0n) is 10.6. The third kappa shape index (κ3) is 3.40. The molecule has 4 heteroatoms. The molecule has 0 radical (unpaired) electrons. The van der Waals surface area contributed by atoms with Crippen molar-refractivity contribution in [2.75, 3.05) is 7.05 Å². The van der Waals surface area contributed by atoms with Crippen LogP contribution >= 0.6 is 27.3 Å². The molecule has 18 heavy (non-hydrogen) atoms. The van der Waals surface area contributed by atoms with E-state index in [1.807, 2.05) is 30.8 Å². The zero-order valence-corrected chi connectivity index (χ0v) is 13.0. The standard InChI is InChI=1S/C14H17BrN2S/c1-3-12-4-5-13(18-12)7-14(16-2)10-6-11(15)9-17-8-10/h4-6,8-9,14,16H,3,7H2,1-2H3. The zero-order chi connectivity index (χ0) is 13.0. The lowest BCUT2D eigenvalue weighted by atomic mass is 10.1. The Morgan fingerprint density at radius 2 is 2.11 bits per heavy atom. The van der Waals surface area contributed by atoms with Crippen molar-refractivity contribution in [3.05, 3.63) is 50.4 Å². The molecule has 2 aromatic rings. The van der Waals surface area contributed by atoms with Crippen LogP contribution in [0.3, 0.4) is 0 Å². The Morgan fingerprint density at radius 3 is 2.72 bits per heavy atom. The number of likely N-dealkylation sites (N-methyl/N-ethyl adjacent to an activating group) is 1. The molecular weight excluding hydrogens is 308 g/mol. The van der Waals surface area contributed by atoms with E-state index in [1.165, 1.54) is 15.3 Å². The maximum absolute atomic E-state index is 4.23. The van der Waals surface area contributed by atoms with Gasteiger partial charge in [0.1, 0.15) is 0 Å². The molecule has 2 rings (SSSR count). The number of aromatic nitrogens is 1. The maximum Gasteiger partial charge on any atom is 0.0410 e. The molecule has 0 aromatic carbocycles. The largest absolute Gasteiger partial charge is 0.313 e. The van der Waals surface area contributed by atoms with E-state index in [1.54, 1.807) is 0 Å². The van der Waals surface area contributed by atoms with E-state index in [4.69, 9.17) is 0 Å². The van der Waals surface area contributed by atoms with Gasteiger partial charge in [-0.05, 0) is 53.2 Å². The Labute approximate surface area is 121 Å². The van der Waals surface area contributed by atoms with Crippen LogP contribution in [-0.4, -0.2) is 12.0 Å². The second-order valence-electron chi connectivity index (χ2n) is 4.20. The maximum atomic E-state index is 4.23. The van der Waals surface area contributed by atoms with E-state index in [-0.39, 0.29) is 0 Å². The highest BCUT2D eigenvalue weighted by atomic mass is 79.9. The Morgan fingerprint density at radius 1 is 1.33 bits per heavy atom. The SMILES string of the molecule is CCc1ccc(CC(NC)c2cncc(Br)c2)s1. The molecule has 0 fully saturated rings. The molecule has 0 spiro atoms. The minimum atomic E-state index is 0.318. The summed E-state index contributed by atoms with van der Waals surface area (Å²) in [5.74, 6) is 0. The van der Waals surface area contributed by atoms with Gasteiger partial charge in [-0.2, -0.15) is 0 Å². The van der Waals surface area contributed by atoms with Crippen LogP contribution in [0.1, 0.15) is 28.3 Å². The third-order valence-electron chi connectivity index (χ3n) is 2.95. The lowest BCUT2D eigenvalue weighted by Crippen LogP contribution is -2.18. The van der Waals surface area contributed by atoms with Crippen molar-refractivity contribution in [2.45, 2.75) is 25.8 Å². The van der Waals surface area contributed by atoms with Crippen molar-refractivity contribution in [2.24, 2.45) is 0 Å². The minimum absolute atomic E-state index is 0.318. The van der Waals surface area contributed by atoms with Crippen molar-refractivity contribution >= 4 is 27.3 Å². The van der Waals surface area contributed by atoms with Crippen LogP contribution in [0.15, 0.2) is 35.1 Å². The highest BCUT2D eigenvalue weighted by Gasteiger charge is 2.12. The molecule has 0 bridgehead atoms. The van der Waals surface area contributed by atoms with Crippen LogP contribution in [0.5, 0.6) is 0 Å². The Bertz CT molecular complexity index is 510. The molecule has 2 heterocycles. The predicted octanol–water partition coefficient (Wildman–Crippen LogP) is 3.97. The monoisotopic (exact) mass is 324 g/mol. The van der Waals surface area contributed by atoms with Gasteiger partial charge in [-0.15, -0.1) is 11.3 Å². The number of nitrogens with one attached hydrogen (secondary N) is 1. The van der Waals surface area contributed by atoms with E-state index >= 15 is 0 Å². The fourth-order valence-corrected chi connectivity index (χ4v) is 3.31. The van der Waals surface area contributed by atoms with E-state index in [0.717, 1.165) is 17.3 Å². The number of aryl methyl sites for hydroxylation is 1. The topological polar surface area (TPSA) is 24.9 Å². The van der Waals surface area contributed by atoms with Gasteiger partial charge < -0.3 is 5.32 Å². The van der Waals surface area contributed by atoms with Gasteiger partial charge in [0.15, 0.2) is 0 Å². The first kappa shape index (κ1) is 13.7. The van der Waals surface area contributed by atoms with Gasteiger partial charge in [-0.3, -0.25) is 4.98 Å². The molecule has 2 nitrogen and oxygen atoms in total. The van der Waals surface area contributed by atoms with Gasteiger partial charge in [0.2, 0.25) is 0 Å². The number of hydrogen-bond acceptors (Lipinski definition) is 3. The van der Waals surface area contributed by atoms with Gasteiger partial charge in [-0.1, -0.05) is 6.92 Å². The van der Waals surface area contributed by atoms with Crippen molar-refractivity contribution in [1.29, 1.82) is 0 Å². The van der Waals surface area contributed by atoms with Crippen LogP contribution in [-0.2, 0) is 12.8 Å². The molecule has 1 unspecified atom stereocenters. The van der Waals surface area contributed by atoms with Crippen LogP contribution in [0.2, 0.25) is 0 Å². The summed E-state index contributed by atoms with van der Waals surface area (Å²) >= 11 is 5.38. The molecule has 96 valence electrons. The highest BCUT2D eigenvalue weighted by molar-refractivity contribution is 9.10. The average Bonchev–Trinajstić information content (AvgIpc) is 2.83. The molecule has 0 aliphatic carbocycles. The Kier molecular flexibility index (Phi) is 4.92. The summed E-state index contributed by atoms with van der Waals surface area (Å²) < 4.78 is 1.03. The molecule has 1 N–H and O–H groups in total. The van der Waals surface area contributed by atoms with E-state index in [9.17, 15) is 0 Å². The van der Waals surface area contributed by atoms with Crippen molar-refractivity contribution < 1.29 is 0 Å². The van der Waals surface area contributed by atoms with E-state index in [0.29, 0.717) is 6.04 Å². The van der Waals surface area contributed by atoms with Crippen LogP contribution in [0, 0.1) is 0 Å². The number of rotatable bonds is 5. The molecule has 0 saturated carbocycles. The summed E-state index contributed by atoms with van der Waals surface area (Å²) in [4.78, 5) is 7.11. The molecule has 0 aliphatic rings. The smallest absolute Gasteiger partial charge is 0.0410 e. The quantitative estimate of drug-likeness (QED) is 0.900. The van der Waals surface area contributed by atoms with E-state index in [2.05, 4.69) is 51.4 Å². The molecule has 0 amide bonds. The number of nitrogens with zero attached hydrogens (tertiary/aromatic N) is 1. The molecule has 2 aromatic heterocycles. The first-order chi connectivity index (χ1) is 8.72. The van der Waals surface area contributed by atoms with Crippen molar-refractivity contribution in [3.63, 3.8) is 0 Å². The number of halogens is 1. The first-order valence-electron chi connectivity index (χ1n) is 6.08. The Hall–Kier alpha value is -0.710. The first-order valence-corrected chi connectivity index (χ1v) is 7.69. The fraction of sp³-hybridized carbons (Fsp3) is 0.357. The third-order valence-corrected chi connectivity index (χ3v) is 4.63. The lowest BCUT2D eigenvalue weighted by Gasteiger charge is -2.15. The number of pyridine rings is 1. The van der Waals surface area contributed by atoms with Gasteiger partial charge in [0.25, 0.3) is 0 Å². The summed E-state index contributed by atoms with van der Waals surface area (Å²) in [5, 5.41) is 3.37. The second kappa shape index (κ2) is 6.45. The van der Waals surface area contributed by atoms with Crippen molar-refractivity contribution in [3.8, 4) is 0 Å². The summed E-state index contributed by atoms with van der Waals surface area (Å²) in [6.07, 6.45) is 5.88. The van der Waals surface area contributed by atoms with Crippen molar-refractivity contribution in [1.82, 2.24) is 10.3 Å². The predicted molar refractivity (Wildman–Crippen MR) is 81.1 cm³/mol. The van der Waals surface area contributed by atoms with Gasteiger partial charge in [0, 0.05) is 39.1 Å².